The molecule has 0 unspecified atom stereocenters. The van der Waals surface area contributed by atoms with Crippen molar-refractivity contribution in [2.45, 2.75) is 0 Å². The van der Waals surface area contributed by atoms with E-state index in [9.17, 15) is 0 Å². The van der Waals surface area contributed by atoms with Gasteiger partial charge in [0.05, 0.1) is 22.1 Å². The van der Waals surface area contributed by atoms with Gasteiger partial charge in [-0.3, -0.25) is 0 Å². The molecule has 13 rings (SSSR count). The third-order valence-corrected chi connectivity index (χ3v) is 12.7. The zero-order valence-electron chi connectivity index (χ0n) is 34.6. The molecule has 0 saturated carbocycles. The predicted molar refractivity (Wildman–Crippen MR) is 265 cm³/mol. The summed E-state index contributed by atoms with van der Waals surface area (Å²) in [5.74, 6) is 1.88. The van der Waals surface area contributed by atoms with Gasteiger partial charge in [0.25, 0.3) is 0 Å². The van der Waals surface area contributed by atoms with E-state index in [4.69, 9.17) is 15.0 Å². The minimum Gasteiger partial charge on any atom is -0.309 e. The van der Waals surface area contributed by atoms with Crippen LogP contribution in [0.2, 0.25) is 0 Å². The van der Waals surface area contributed by atoms with E-state index in [0.29, 0.717) is 17.5 Å². The Morgan fingerprint density at radius 2 is 0.797 bits per heavy atom. The van der Waals surface area contributed by atoms with Crippen LogP contribution in [0.1, 0.15) is 0 Å². The van der Waals surface area contributed by atoms with Gasteiger partial charge in [-0.25, -0.2) is 15.0 Å². The molecular weight excluding hydrogens is 779 g/mol. The fraction of sp³-hybridized carbons (Fsp3) is 0. The molecule has 3 aromatic heterocycles. The molecule has 13 aromatic rings. The number of rotatable bonds is 6. The smallest absolute Gasteiger partial charge is 0.164 e. The summed E-state index contributed by atoms with van der Waals surface area (Å²) < 4.78 is 4.84. The zero-order chi connectivity index (χ0) is 42.1. The van der Waals surface area contributed by atoms with Crippen molar-refractivity contribution in [1.29, 1.82) is 0 Å². The fourth-order valence-electron chi connectivity index (χ4n) is 9.70. The minimum atomic E-state index is 0.620. The van der Waals surface area contributed by atoms with Crippen LogP contribution in [0.4, 0.5) is 0 Å². The monoisotopic (exact) mass is 815 g/mol. The van der Waals surface area contributed by atoms with Crippen molar-refractivity contribution < 1.29 is 0 Å². The van der Waals surface area contributed by atoms with Gasteiger partial charge in [0.2, 0.25) is 0 Å². The number of hydrogen-bond donors (Lipinski definition) is 0. The van der Waals surface area contributed by atoms with Crippen LogP contribution in [0.15, 0.2) is 224 Å². The van der Waals surface area contributed by atoms with Crippen LogP contribution in [-0.4, -0.2) is 24.1 Å². The minimum absolute atomic E-state index is 0.620. The molecule has 0 fully saturated rings. The van der Waals surface area contributed by atoms with Crippen LogP contribution in [0.25, 0.3) is 122 Å². The highest BCUT2D eigenvalue weighted by Gasteiger charge is 2.19. The summed E-state index contributed by atoms with van der Waals surface area (Å²) in [6.07, 6.45) is 0. The van der Waals surface area contributed by atoms with Gasteiger partial charge >= 0.3 is 0 Å². The first-order valence-electron chi connectivity index (χ1n) is 21.7. The standard InChI is InChI=1S/C59H37N5/c1-3-14-38(15-4-1)42-21-13-22-45(34-42)59-61-57(40-17-5-2-6-18-40)60-58(62-59)41-26-29-46(30-27-41)63-54-36-44-20-8-7-19-43(44)35-51(54)49-32-31-47(37-55(49)63)64-52-25-12-11-24-50(52)56-48-23-10-9-16-39(48)28-33-53(56)64/h1-37H. The normalized spacial score (nSPS) is 11.8. The van der Waals surface area contributed by atoms with E-state index in [1.54, 1.807) is 0 Å². The molecule has 0 saturated heterocycles. The Morgan fingerprint density at radius 1 is 0.250 bits per heavy atom. The summed E-state index contributed by atoms with van der Waals surface area (Å²) in [4.78, 5) is 15.3. The van der Waals surface area contributed by atoms with Crippen LogP contribution in [0.3, 0.4) is 0 Å². The first-order chi connectivity index (χ1) is 31.7. The maximum absolute atomic E-state index is 5.14. The Labute approximate surface area is 368 Å². The van der Waals surface area contributed by atoms with Gasteiger partial charge in [0, 0.05) is 49.6 Å². The molecule has 0 N–H and O–H groups in total. The maximum atomic E-state index is 5.14. The van der Waals surface area contributed by atoms with Crippen molar-refractivity contribution in [2.24, 2.45) is 0 Å². The van der Waals surface area contributed by atoms with Crippen molar-refractivity contribution in [3.05, 3.63) is 224 Å². The lowest BCUT2D eigenvalue weighted by molar-refractivity contribution is 1.07. The lowest BCUT2D eigenvalue weighted by Crippen LogP contribution is -2.01. The maximum Gasteiger partial charge on any atom is 0.164 e. The Bertz CT molecular complexity index is 3940. The van der Waals surface area contributed by atoms with Crippen molar-refractivity contribution in [3.63, 3.8) is 0 Å². The van der Waals surface area contributed by atoms with Crippen molar-refractivity contribution in [2.75, 3.05) is 0 Å². The van der Waals surface area contributed by atoms with Crippen molar-refractivity contribution >= 4 is 65.2 Å². The Kier molecular flexibility index (Phi) is 8.15. The van der Waals surface area contributed by atoms with E-state index in [2.05, 4.69) is 197 Å². The van der Waals surface area contributed by atoms with Gasteiger partial charge in [-0.1, -0.05) is 158 Å². The van der Waals surface area contributed by atoms with E-state index >= 15 is 0 Å². The summed E-state index contributed by atoms with van der Waals surface area (Å²) in [5, 5.41) is 9.86. The van der Waals surface area contributed by atoms with Crippen LogP contribution < -0.4 is 0 Å². The molecule has 3 heterocycles. The van der Waals surface area contributed by atoms with E-state index in [0.717, 1.165) is 50.2 Å². The van der Waals surface area contributed by atoms with Gasteiger partial charge in [-0.2, -0.15) is 0 Å². The van der Waals surface area contributed by atoms with Crippen molar-refractivity contribution in [1.82, 2.24) is 24.1 Å². The average Bonchev–Trinajstić information content (AvgIpc) is 3.88. The number of nitrogens with zero attached hydrogens (tertiary/aromatic N) is 5. The first kappa shape index (κ1) is 36.0. The van der Waals surface area contributed by atoms with Gasteiger partial charge in [0.1, 0.15) is 0 Å². The van der Waals surface area contributed by atoms with Gasteiger partial charge in [0.15, 0.2) is 17.5 Å². The Hall–Kier alpha value is -8.67. The highest BCUT2D eigenvalue weighted by Crippen LogP contribution is 2.40. The quantitative estimate of drug-likeness (QED) is 0.168. The highest BCUT2D eigenvalue weighted by molar-refractivity contribution is 6.21. The summed E-state index contributed by atoms with van der Waals surface area (Å²) in [6.45, 7) is 0. The average molecular weight is 816 g/mol. The summed E-state index contributed by atoms with van der Waals surface area (Å²) >= 11 is 0. The third kappa shape index (κ3) is 5.83. The van der Waals surface area contributed by atoms with Crippen LogP contribution in [-0.2, 0) is 0 Å². The molecule has 0 aliphatic heterocycles. The highest BCUT2D eigenvalue weighted by atomic mass is 15.0. The van der Waals surface area contributed by atoms with Crippen LogP contribution in [0, 0.1) is 0 Å². The molecule has 0 atom stereocenters. The second-order valence-electron chi connectivity index (χ2n) is 16.5. The first-order valence-corrected chi connectivity index (χ1v) is 21.7. The lowest BCUT2D eigenvalue weighted by Gasteiger charge is -2.13. The number of fused-ring (bicyclic) bond motifs is 9. The Balaban J connectivity index is 0.991. The van der Waals surface area contributed by atoms with Gasteiger partial charge in [-0.15, -0.1) is 0 Å². The molecule has 5 heteroatoms. The number of aromatic nitrogens is 5. The van der Waals surface area contributed by atoms with E-state index in [1.165, 1.54) is 54.1 Å². The summed E-state index contributed by atoms with van der Waals surface area (Å²) in [6, 6.07) is 80.0. The van der Waals surface area contributed by atoms with Crippen LogP contribution in [0.5, 0.6) is 0 Å². The van der Waals surface area contributed by atoms with Crippen LogP contribution >= 0.6 is 0 Å². The molecule has 0 bridgehead atoms. The van der Waals surface area contributed by atoms with E-state index < -0.39 is 0 Å². The summed E-state index contributed by atoms with van der Waals surface area (Å²) in [5.41, 5.74) is 11.9. The molecule has 0 aliphatic rings. The molecule has 0 amide bonds. The second kappa shape index (κ2) is 14.5. The fourth-order valence-corrected chi connectivity index (χ4v) is 9.70. The molecule has 0 spiro atoms. The molecule has 10 aromatic carbocycles. The predicted octanol–water partition coefficient (Wildman–Crippen LogP) is 15.0. The molecular formula is C59H37N5. The van der Waals surface area contributed by atoms with Crippen molar-refractivity contribution in [3.8, 4) is 56.7 Å². The summed E-state index contributed by atoms with van der Waals surface area (Å²) in [7, 11) is 0. The number of para-hydroxylation sites is 1. The number of hydrogen-bond acceptors (Lipinski definition) is 3. The second-order valence-corrected chi connectivity index (χ2v) is 16.5. The topological polar surface area (TPSA) is 48.5 Å². The third-order valence-electron chi connectivity index (χ3n) is 12.7. The largest absolute Gasteiger partial charge is 0.309 e. The van der Waals surface area contributed by atoms with Gasteiger partial charge < -0.3 is 9.13 Å². The van der Waals surface area contributed by atoms with Gasteiger partial charge in [-0.05, 0) is 99.4 Å². The lowest BCUT2D eigenvalue weighted by atomic mass is 10.0. The molecule has 0 aliphatic carbocycles. The molecule has 298 valence electrons. The van der Waals surface area contributed by atoms with E-state index in [1.807, 2.05) is 36.4 Å². The van der Waals surface area contributed by atoms with E-state index in [-0.39, 0.29) is 0 Å². The molecule has 64 heavy (non-hydrogen) atoms. The Morgan fingerprint density at radius 3 is 1.56 bits per heavy atom. The SMILES string of the molecule is c1ccc(-c2cccc(-c3nc(-c4ccccc4)nc(-c4ccc(-n5c6cc(-n7c8ccccc8c8c9ccccc9ccc87)ccc6c6cc7ccccc7cc65)cc4)n3)c2)cc1. The zero-order valence-corrected chi connectivity index (χ0v) is 34.6. The number of benzene rings is 10. The molecule has 5 nitrogen and oxygen atoms in total. The molecule has 0 radical (unpaired) electrons.